The maximum Gasteiger partial charge on any atom is 0.259 e. The van der Waals surface area contributed by atoms with Gasteiger partial charge in [-0.2, -0.15) is 10.2 Å². The van der Waals surface area contributed by atoms with Crippen LogP contribution in [-0.4, -0.2) is 15.1 Å². The van der Waals surface area contributed by atoms with Crippen LogP contribution in [0.3, 0.4) is 0 Å². The molecule has 0 aliphatic rings. The fraction of sp³-hybridized carbons (Fsp3) is 0.364. The molecule has 82 valence electrons. The summed E-state index contributed by atoms with van der Waals surface area (Å²) in [5, 5.41) is 12.6. The fourth-order valence-electron chi connectivity index (χ4n) is 1.32. The third-order valence-electron chi connectivity index (χ3n) is 2.55. The lowest BCUT2D eigenvalue weighted by Crippen LogP contribution is -1.93. The summed E-state index contributed by atoms with van der Waals surface area (Å²) >= 11 is 0. The minimum atomic E-state index is 0.284. The van der Waals surface area contributed by atoms with Gasteiger partial charge in [-0.05, 0) is 12.5 Å². The minimum Gasteiger partial charge on any atom is -0.352 e. The van der Waals surface area contributed by atoms with Crippen LogP contribution in [0.1, 0.15) is 37.7 Å². The molecular formula is C11H12N4O. The molecular weight excluding hydrogens is 204 g/mol. The summed E-state index contributed by atoms with van der Waals surface area (Å²) in [6, 6.07) is 3.70. The van der Waals surface area contributed by atoms with E-state index < -0.39 is 0 Å². The van der Waals surface area contributed by atoms with Gasteiger partial charge in [-0.25, -0.2) is 0 Å². The zero-order valence-electron chi connectivity index (χ0n) is 9.19. The van der Waals surface area contributed by atoms with Gasteiger partial charge >= 0.3 is 0 Å². The van der Waals surface area contributed by atoms with E-state index in [1.54, 1.807) is 12.3 Å². The van der Waals surface area contributed by atoms with Gasteiger partial charge in [0.2, 0.25) is 0 Å². The Morgan fingerprint density at radius 1 is 1.62 bits per heavy atom. The highest BCUT2D eigenvalue weighted by Gasteiger charge is 2.14. The van der Waals surface area contributed by atoms with Gasteiger partial charge in [-0.3, -0.25) is 0 Å². The van der Waals surface area contributed by atoms with Crippen molar-refractivity contribution in [3.8, 4) is 17.5 Å². The van der Waals surface area contributed by atoms with Crippen LogP contribution in [0.5, 0.6) is 0 Å². The average Bonchev–Trinajstić information content (AvgIpc) is 2.95. The maximum atomic E-state index is 8.68. The zero-order valence-corrected chi connectivity index (χ0v) is 9.19. The molecule has 2 rings (SSSR count). The van der Waals surface area contributed by atoms with Gasteiger partial charge in [-0.15, -0.1) is 0 Å². The first-order valence-electron chi connectivity index (χ1n) is 5.17. The molecule has 0 radical (unpaired) electrons. The minimum absolute atomic E-state index is 0.284. The standard InChI is InChI=1S/C11H12N4O/c1-3-7(2)10-14-11(16-15-10)8-4-9(5-12)13-6-8/h4,6-7,13H,3H2,1-2H3. The van der Waals surface area contributed by atoms with Crippen LogP contribution in [0.4, 0.5) is 0 Å². The second-order valence-electron chi connectivity index (χ2n) is 3.68. The van der Waals surface area contributed by atoms with E-state index in [1.807, 2.05) is 13.0 Å². The first kappa shape index (κ1) is 10.4. The molecule has 16 heavy (non-hydrogen) atoms. The first-order chi connectivity index (χ1) is 7.74. The quantitative estimate of drug-likeness (QED) is 0.854. The van der Waals surface area contributed by atoms with E-state index >= 15 is 0 Å². The van der Waals surface area contributed by atoms with Gasteiger partial charge in [0.25, 0.3) is 5.89 Å². The smallest absolute Gasteiger partial charge is 0.259 e. The van der Waals surface area contributed by atoms with E-state index in [0.717, 1.165) is 12.0 Å². The Balaban J connectivity index is 2.28. The molecule has 1 unspecified atom stereocenters. The largest absolute Gasteiger partial charge is 0.352 e. The van der Waals surface area contributed by atoms with Gasteiger partial charge in [0, 0.05) is 12.1 Å². The summed E-state index contributed by atoms with van der Waals surface area (Å²) < 4.78 is 5.14. The summed E-state index contributed by atoms with van der Waals surface area (Å²) in [6.07, 6.45) is 2.65. The lowest BCUT2D eigenvalue weighted by atomic mass is 10.1. The molecule has 0 saturated heterocycles. The van der Waals surface area contributed by atoms with Crippen LogP contribution in [0.2, 0.25) is 0 Å². The SMILES string of the molecule is CCC(C)c1noc(-c2c[nH]c(C#N)c2)n1. The normalized spacial score (nSPS) is 12.3. The van der Waals surface area contributed by atoms with Crippen LogP contribution in [0, 0.1) is 11.3 Å². The summed E-state index contributed by atoms with van der Waals surface area (Å²) in [7, 11) is 0. The highest BCUT2D eigenvalue weighted by atomic mass is 16.5. The van der Waals surface area contributed by atoms with Crippen molar-refractivity contribution in [3.05, 3.63) is 23.8 Å². The Morgan fingerprint density at radius 3 is 3.06 bits per heavy atom. The van der Waals surface area contributed by atoms with Crippen LogP contribution < -0.4 is 0 Å². The predicted molar refractivity (Wildman–Crippen MR) is 57.5 cm³/mol. The molecule has 0 spiro atoms. The lowest BCUT2D eigenvalue weighted by Gasteiger charge is -1.98. The van der Waals surface area contributed by atoms with Crippen molar-refractivity contribution >= 4 is 0 Å². The van der Waals surface area contributed by atoms with Gasteiger partial charge in [0.05, 0.1) is 5.56 Å². The molecule has 0 amide bonds. The summed E-state index contributed by atoms with van der Waals surface area (Å²) in [5.41, 5.74) is 1.23. The summed E-state index contributed by atoms with van der Waals surface area (Å²) in [5.74, 6) is 1.44. The molecule has 2 aromatic heterocycles. The zero-order chi connectivity index (χ0) is 11.5. The summed E-state index contributed by atoms with van der Waals surface area (Å²) in [6.45, 7) is 4.12. The van der Waals surface area contributed by atoms with Crippen molar-refractivity contribution in [2.45, 2.75) is 26.2 Å². The Hall–Kier alpha value is -2.09. The fourth-order valence-corrected chi connectivity index (χ4v) is 1.32. The molecule has 0 aliphatic carbocycles. The van der Waals surface area contributed by atoms with E-state index in [1.165, 1.54) is 0 Å². The molecule has 1 atom stereocenters. The third-order valence-corrected chi connectivity index (χ3v) is 2.55. The predicted octanol–water partition coefficient (Wildman–Crippen LogP) is 2.45. The van der Waals surface area contributed by atoms with E-state index in [2.05, 4.69) is 22.0 Å². The molecule has 2 aromatic rings. The van der Waals surface area contributed by atoms with Crippen molar-refractivity contribution in [3.63, 3.8) is 0 Å². The number of nitrogens with one attached hydrogen (secondary N) is 1. The number of H-pyrrole nitrogens is 1. The highest BCUT2D eigenvalue weighted by molar-refractivity contribution is 5.54. The number of rotatable bonds is 3. The van der Waals surface area contributed by atoms with E-state index in [4.69, 9.17) is 9.78 Å². The molecule has 5 nitrogen and oxygen atoms in total. The molecule has 0 saturated carbocycles. The van der Waals surface area contributed by atoms with Crippen LogP contribution in [0.25, 0.3) is 11.5 Å². The Morgan fingerprint density at radius 2 is 2.44 bits per heavy atom. The lowest BCUT2D eigenvalue weighted by molar-refractivity contribution is 0.416. The summed E-state index contributed by atoms with van der Waals surface area (Å²) in [4.78, 5) is 7.11. The molecule has 0 bridgehead atoms. The van der Waals surface area contributed by atoms with Gasteiger partial charge in [0.15, 0.2) is 5.82 Å². The van der Waals surface area contributed by atoms with Crippen LogP contribution >= 0.6 is 0 Å². The van der Waals surface area contributed by atoms with E-state index in [9.17, 15) is 0 Å². The van der Waals surface area contributed by atoms with Crippen LogP contribution in [-0.2, 0) is 0 Å². The van der Waals surface area contributed by atoms with Crippen molar-refractivity contribution in [2.75, 3.05) is 0 Å². The number of aromatic nitrogens is 3. The van der Waals surface area contributed by atoms with Crippen molar-refractivity contribution in [1.29, 1.82) is 5.26 Å². The van der Waals surface area contributed by atoms with Gasteiger partial charge < -0.3 is 9.51 Å². The first-order valence-corrected chi connectivity index (χ1v) is 5.17. The highest BCUT2D eigenvalue weighted by Crippen LogP contribution is 2.21. The van der Waals surface area contributed by atoms with Crippen molar-refractivity contribution in [2.24, 2.45) is 0 Å². The molecule has 0 fully saturated rings. The van der Waals surface area contributed by atoms with E-state index in [-0.39, 0.29) is 5.92 Å². The third kappa shape index (κ3) is 1.82. The molecule has 2 heterocycles. The Labute approximate surface area is 93.1 Å². The van der Waals surface area contributed by atoms with Gasteiger partial charge in [-0.1, -0.05) is 19.0 Å². The number of aromatic amines is 1. The van der Waals surface area contributed by atoms with Crippen molar-refractivity contribution < 1.29 is 4.52 Å². The number of hydrogen-bond acceptors (Lipinski definition) is 4. The molecule has 5 heteroatoms. The molecule has 0 aromatic carbocycles. The van der Waals surface area contributed by atoms with Gasteiger partial charge in [0.1, 0.15) is 11.8 Å². The number of nitriles is 1. The maximum absolute atomic E-state index is 8.68. The van der Waals surface area contributed by atoms with E-state index in [0.29, 0.717) is 17.4 Å². The Bertz CT molecular complexity index is 520. The van der Waals surface area contributed by atoms with Crippen LogP contribution in [0.15, 0.2) is 16.8 Å². The second-order valence-corrected chi connectivity index (χ2v) is 3.68. The topological polar surface area (TPSA) is 78.5 Å². The molecule has 0 aliphatic heterocycles. The Kier molecular flexibility index (Phi) is 2.73. The van der Waals surface area contributed by atoms with Crippen molar-refractivity contribution in [1.82, 2.24) is 15.1 Å². The number of nitrogens with zero attached hydrogens (tertiary/aromatic N) is 3. The second kappa shape index (κ2) is 4.19. The monoisotopic (exact) mass is 216 g/mol. The average molecular weight is 216 g/mol. The number of hydrogen-bond donors (Lipinski definition) is 1. The molecule has 1 N–H and O–H groups in total.